The molecule has 0 aliphatic rings. The van der Waals surface area contributed by atoms with Gasteiger partial charge in [-0.15, -0.1) is 0 Å². The highest BCUT2D eigenvalue weighted by Crippen LogP contribution is 2.30. The molecule has 3 N–H and O–H groups in total. The monoisotopic (exact) mass is 565 g/mol. The number of anilines is 1. The third-order valence-corrected chi connectivity index (χ3v) is 6.58. The third kappa shape index (κ3) is 7.99. The predicted octanol–water partition coefficient (Wildman–Crippen LogP) is 5.94. The average Bonchev–Trinajstić information content (AvgIpc) is 2.87. The molecule has 3 aromatic carbocycles. The van der Waals surface area contributed by atoms with Gasteiger partial charge in [0.25, 0.3) is 5.91 Å². The summed E-state index contributed by atoms with van der Waals surface area (Å²) in [4.78, 5) is 41.8. The highest BCUT2D eigenvalue weighted by molar-refractivity contribution is 6.34. The molecule has 0 aliphatic heterocycles. The second kappa shape index (κ2) is 12.9. The number of hydrogen-bond donors (Lipinski definition) is 3. The van der Waals surface area contributed by atoms with Crippen LogP contribution in [-0.4, -0.2) is 46.6 Å². The summed E-state index contributed by atoms with van der Waals surface area (Å²) < 4.78 is 5.42. The number of hydrogen-bond acceptors (Lipinski definition) is 5. The minimum atomic E-state index is -1.11. The number of halogens is 1. The Morgan fingerprint density at radius 2 is 1.65 bits per heavy atom. The standard InChI is InChI=1S/C31H36ClN3O5/c1-19-11-10-14-23(32)26(19)34-28(37)27(22-15-16-25(36)20(2)17-22)35(6)29(38)24(18-21-12-8-7-9-13-21)33-30(39)40-31(3,4)5/h7-17,24,27,36H,18H2,1-6H3,(H,33,39)(H,34,37). The number of nitrogens with one attached hydrogen (secondary N) is 2. The lowest BCUT2D eigenvalue weighted by Crippen LogP contribution is -2.52. The van der Waals surface area contributed by atoms with Gasteiger partial charge < -0.3 is 25.4 Å². The summed E-state index contributed by atoms with van der Waals surface area (Å²) in [6, 6.07) is 17.1. The number of alkyl carbamates (subject to hydrolysis) is 1. The Kier molecular flexibility index (Phi) is 9.82. The van der Waals surface area contributed by atoms with E-state index in [1.165, 1.54) is 18.0 Å². The summed E-state index contributed by atoms with van der Waals surface area (Å²) in [6.45, 7) is 8.72. The molecule has 3 aromatic rings. The van der Waals surface area contributed by atoms with Crippen LogP contribution in [0.4, 0.5) is 10.5 Å². The second-order valence-electron chi connectivity index (χ2n) is 10.7. The molecule has 212 valence electrons. The first-order chi connectivity index (χ1) is 18.8. The van der Waals surface area contributed by atoms with Crippen LogP contribution in [0.25, 0.3) is 0 Å². The smallest absolute Gasteiger partial charge is 0.408 e. The van der Waals surface area contributed by atoms with Gasteiger partial charge in [0.15, 0.2) is 0 Å². The number of likely N-dealkylation sites (N-methyl/N-ethyl adjacent to an activating group) is 1. The molecule has 9 heteroatoms. The van der Waals surface area contributed by atoms with E-state index in [0.717, 1.165) is 11.1 Å². The van der Waals surface area contributed by atoms with Crippen molar-refractivity contribution in [3.05, 3.63) is 94.0 Å². The predicted molar refractivity (Wildman–Crippen MR) is 156 cm³/mol. The summed E-state index contributed by atoms with van der Waals surface area (Å²) in [5.74, 6) is -0.947. The molecule has 3 rings (SSSR count). The average molecular weight is 566 g/mol. The molecule has 2 unspecified atom stereocenters. The number of phenols is 1. The van der Waals surface area contributed by atoms with Crippen LogP contribution in [0.1, 0.15) is 49.1 Å². The third-order valence-electron chi connectivity index (χ3n) is 6.26. The molecule has 0 heterocycles. The number of rotatable bonds is 8. The summed E-state index contributed by atoms with van der Waals surface area (Å²) in [5.41, 5.74) is 2.25. The maximum absolute atomic E-state index is 14.0. The fourth-order valence-electron chi connectivity index (χ4n) is 4.25. The minimum absolute atomic E-state index is 0.0624. The lowest BCUT2D eigenvalue weighted by atomic mass is 9.99. The Balaban J connectivity index is 2.00. The van der Waals surface area contributed by atoms with Crippen LogP contribution >= 0.6 is 11.6 Å². The lowest BCUT2D eigenvalue weighted by molar-refractivity contribution is -0.139. The maximum atomic E-state index is 14.0. The van der Waals surface area contributed by atoms with Gasteiger partial charge in [-0.1, -0.05) is 60.1 Å². The van der Waals surface area contributed by atoms with E-state index in [1.54, 1.807) is 52.0 Å². The van der Waals surface area contributed by atoms with Crippen molar-refractivity contribution >= 4 is 35.2 Å². The Bertz CT molecular complexity index is 1350. The van der Waals surface area contributed by atoms with E-state index in [4.69, 9.17) is 16.3 Å². The molecule has 3 amide bonds. The van der Waals surface area contributed by atoms with Crippen molar-refractivity contribution in [2.24, 2.45) is 0 Å². The van der Waals surface area contributed by atoms with Crippen LogP contribution in [0.15, 0.2) is 66.7 Å². The fraction of sp³-hybridized carbons (Fsp3) is 0.323. The Morgan fingerprint density at radius 3 is 2.25 bits per heavy atom. The van der Waals surface area contributed by atoms with Gasteiger partial charge in [-0.2, -0.15) is 0 Å². The Labute approximate surface area is 240 Å². The fourth-order valence-corrected chi connectivity index (χ4v) is 4.52. The van der Waals surface area contributed by atoms with Crippen LogP contribution < -0.4 is 10.6 Å². The number of carbonyl (C=O) groups is 3. The molecule has 0 saturated heterocycles. The number of ether oxygens (including phenoxy) is 1. The van der Waals surface area contributed by atoms with Gasteiger partial charge in [-0.3, -0.25) is 9.59 Å². The van der Waals surface area contributed by atoms with Gasteiger partial charge in [0, 0.05) is 13.5 Å². The van der Waals surface area contributed by atoms with Gasteiger partial charge in [-0.05, 0) is 75.1 Å². The molecular weight excluding hydrogens is 530 g/mol. The Morgan fingerprint density at radius 1 is 0.975 bits per heavy atom. The summed E-state index contributed by atoms with van der Waals surface area (Å²) >= 11 is 6.37. The first-order valence-electron chi connectivity index (χ1n) is 12.9. The number of amides is 3. The highest BCUT2D eigenvalue weighted by Gasteiger charge is 2.35. The second-order valence-corrected chi connectivity index (χ2v) is 11.1. The van der Waals surface area contributed by atoms with E-state index in [2.05, 4.69) is 10.6 Å². The summed E-state index contributed by atoms with van der Waals surface area (Å²) in [5, 5.41) is 16.0. The molecule has 0 spiro atoms. The van der Waals surface area contributed by atoms with Crippen molar-refractivity contribution < 1.29 is 24.2 Å². The van der Waals surface area contributed by atoms with Crippen LogP contribution in [0.3, 0.4) is 0 Å². The number of aromatic hydroxyl groups is 1. The Hall–Kier alpha value is -4.04. The SMILES string of the molecule is Cc1cc(C(C(=O)Nc2c(C)cccc2Cl)N(C)C(=O)C(Cc2ccccc2)NC(=O)OC(C)(C)C)ccc1O. The summed E-state index contributed by atoms with van der Waals surface area (Å²) in [6.07, 6.45) is -0.570. The van der Waals surface area contributed by atoms with Gasteiger partial charge in [0.05, 0.1) is 10.7 Å². The highest BCUT2D eigenvalue weighted by atomic mass is 35.5. The quantitative estimate of drug-likeness (QED) is 0.313. The topological polar surface area (TPSA) is 108 Å². The molecule has 0 bridgehead atoms. The van der Waals surface area contributed by atoms with Crippen LogP contribution in [0.2, 0.25) is 5.02 Å². The number of phenolic OH excluding ortho intramolecular Hbond substituents is 1. The number of carbonyl (C=O) groups excluding carboxylic acids is 3. The normalized spacial score (nSPS) is 12.7. The van der Waals surface area contributed by atoms with Gasteiger partial charge in [0.2, 0.25) is 5.91 Å². The van der Waals surface area contributed by atoms with E-state index in [9.17, 15) is 19.5 Å². The number of aryl methyl sites for hydroxylation is 2. The minimum Gasteiger partial charge on any atom is -0.508 e. The van der Waals surface area contributed by atoms with Gasteiger partial charge in [0.1, 0.15) is 23.4 Å². The van der Waals surface area contributed by atoms with Crippen LogP contribution in [0.5, 0.6) is 5.75 Å². The van der Waals surface area contributed by atoms with Crippen molar-refractivity contribution in [2.75, 3.05) is 12.4 Å². The molecule has 2 atom stereocenters. The number of benzene rings is 3. The number of para-hydroxylation sites is 1. The molecular formula is C31H36ClN3O5. The first kappa shape index (κ1) is 30.5. The van der Waals surface area contributed by atoms with E-state index < -0.39 is 35.6 Å². The molecule has 40 heavy (non-hydrogen) atoms. The van der Waals surface area contributed by atoms with Gasteiger partial charge in [-0.25, -0.2) is 4.79 Å². The van der Waals surface area contributed by atoms with Crippen LogP contribution in [-0.2, 0) is 20.7 Å². The van der Waals surface area contributed by atoms with E-state index >= 15 is 0 Å². The molecule has 0 fully saturated rings. The van der Waals surface area contributed by atoms with Gasteiger partial charge >= 0.3 is 6.09 Å². The summed E-state index contributed by atoms with van der Waals surface area (Å²) in [7, 11) is 1.50. The molecule has 0 aliphatic carbocycles. The maximum Gasteiger partial charge on any atom is 0.408 e. The van der Waals surface area contributed by atoms with Crippen LogP contribution in [0, 0.1) is 13.8 Å². The van der Waals surface area contributed by atoms with Crippen molar-refractivity contribution in [2.45, 2.75) is 58.7 Å². The van der Waals surface area contributed by atoms with Crippen molar-refractivity contribution in [3.63, 3.8) is 0 Å². The largest absolute Gasteiger partial charge is 0.508 e. The molecule has 0 aromatic heterocycles. The molecule has 0 saturated carbocycles. The van der Waals surface area contributed by atoms with Crippen molar-refractivity contribution in [1.82, 2.24) is 10.2 Å². The van der Waals surface area contributed by atoms with E-state index in [1.807, 2.05) is 43.3 Å². The molecule has 0 radical (unpaired) electrons. The lowest BCUT2D eigenvalue weighted by Gasteiger charge is -2.32. The zero-order valence-corrected chi connectivity index (χ0v) is 24.4. The molecule has 8 nitrogen and oxygen atoms in total. The number of nitrogens with zero attached hydrogens (tertiary/aromatic N) is 1. The zero-order chi connectivity index (χ0) is 29.6. The zero-order valence-electron chi connectivity index (χ0n) is 23.6. The van der Waals surface area contributed by atoms with E-state index in [-0.39, 0.29) is 12.2 Å². The van der Waals surface area contributed by atoms with E-state index in [0.29, 0.717) is 21.8 Å². The van der Waals surface area contributed by atoms with Crippen molar-refractivity contribution in [1.29, 1.82) is 0 Å². The van der Waals surface area contributed by atoms with Crippen molar-refractivity contribution in [3.8, 4) is 5.75 Å². The first-order valence-corrected chi connectivity index (χ1v) is 13.3.